The van der Waals surface area contributed by atoms with Crippen LogP contribution in [0.15, 0.2) is 48.7 Å². The van der Waals surface area contributed by atoms with Crippen LogP contribution in [0.3, 0.4) is 0 Å². The molecule has 166 valence electrons. The first-order valence-electron chi connectivity index (χ1n) is 10.2. The van der Waals surface area contributed by atoms with Gasteiger partial charge in [0.15, 0.2) is 0 Å². The SMILES string of the molecule is Cc1cnc(Nc2ccc(N3CCN(C)CC3)cc2)nc1Nc1ccc(Cl)c([N+](=O)[O-])c1. The Bertz CT molecular complexity index is 1120. The van der Waals surface area contributed by atoms with Gasteiger partial charge in [0, 0.05) is 61.1 Å². The molecule has 0 saturated carbocycles. The number of benzene rings is 2. The van der Waals surface area contributed by atoms with E-state index in [0.717, 1.165) is 37.4 Å². The molecule has 1 aliphatic heterocycles. The first-order chi connectivity index (χ1) is 15.4. The lowest BCUT2D eigenvalue weighted by atomic mass is 10.2. The van der Waals surface area contributed by atoms with Crippen molar-refractivity contribution in [1.82, 2.24) is 14.9 Å². The molecular formula is C22H24ClN7O2. The lowest BCUT2D eigenvalue weighted by molar-refractivity contribution is -0.384. The summed E-state index contributed by atoms with van der Waals surface area (Å²) in [6.07, 6.45) is 1.70. The van der Waals surface area contributed by atoms with Crippen LogP contribution in [0.2, 0.25) is 5.02 Å². The minimum absolute atomic E-state index is 0.0855. The van der Waals surface area contributed by atoms with E-state index in [0.29, 0.717) is 17.5 Å². The number of hydrogen-bond donors (Lipinski definition) is 2. The molecule has 2 N–H and O–H groups in total. The third kappa shape index (κ3) is 5.06. The Morgan fingerprint density at radius 2 is 1.72 bits per heavy atom. The highest BCUT2D eigenvalue weighted by Gasteiger charge is 2.15. The minimum atomic E-state index is -0.515. The van der Waals surface area contributed by atoms with Crippen molar-refractivity contribution < 1.29 is 4.92 Å². The highest BCUT2D eigenvalue weighted by Crippen LogP contribution is 2.29. The van der Waals surface area contributed by atoms with Gasteiger partial charge < -0.3 is 20.4 Å². The second kappa shape index (κ2) is 9.37. The summed E-state index contributed by atoms with van der Waals surface area (Å²) >= 11 is 5.90. The number of halogens is 1. The Morgan fingerprint density at radius 3 is 2.41 bits per heavy atom. The molecule has 4 rings (SSSR count). The number of nitro benzene ring substituents is 1. The third-order valence-electron chi connectivity index (χ3n) is 5.37. The Hall–Kier alpha value is -3.43. The van der Waals surface area contributed by atoms with Crippen molar-refractivity contribution in [1.29, 1.82) is 0 Å². The van der Waals surface area contributed by atoms with Gasteiger partial charge in [-0.2, -0.15) is 4.98 Å². The van der Waals surface area contributed by atoms with E-state index in [2.05, 4.69) is 49.6 Å². The molecule has 0 atom stereocenters. The maximum atomic E-state index is 11.1. The summed E-state index contributed by atoms with van der Waals surface area (Å²) in [6.45, 7) is 6.01. The molecule has 0 spiro atoms. The fourth-order valence-corrected chi connectivity index (χ4v) is 3.63. The molecule has 32 heavy (non-hydrogen) atoms. The first kappa shape index (κ1) is 21.8. The van der Waals surface area contributed by atoms with Crippen LogP contribution in [0.5, 0.6) is 0 Å². The van der Waals surface area contributed by atoms with Crippen molar-refractivity contribution >= 4 is 46.1 Å². The molecule has 2 heterocycles. The summed E-state index contributed by atoms with van der Waals surface area (Å²) < 4.78 is 0. The molecule has 0 bridgehead atoms. The zero-order chi connectivity index (χ0) is 22.7. The predicted molar refractivity (Wildman–Crippen MR) is 128 cm³/mol. The summed E-state index contributed by atoms with van der Waals surface area (Å²) in [6, 6.07) is 12.7. The minimum Gasteiger partial charge on any atom is -0.369 e. The Morgan fingerprint density at radius 1 is 1.03 bits per heavy atom. The fraction of sp³-hybridized carbons (Fsp3) is 0.273. The molecule has 0 aliphatic carbocycles. The zero-order valence-corrected chi connectivity index (χ0v) is 18.6. The topological polar surface area (TPSA) is 99.5 Å². The van der Waals surface area contributed by atoms with Gasteiger partial charge in [0.05, 0.1) is 4.92 Å². The number of nitrogens with zero attached hydrogens (tertiary/aromatic N) is 5. The van der Waals surface area contributed by atoms with Gasteiger partial charge in [-0.25, -0.2) is 4.98 Å². The van der Waals surface area contributed by atoms with E-state index >= 15 is 0 Å². The first-order valence-corrected chi connectivity index (χ1v) is 10.6. The smallest absolute Gasteiger partial charge is 0.289 e. The summed E-state index contributed by atoms with van der Waals surface area (Å²) in [5.74, 6) is 0.974. The number of nitrogens with one attached hydrogen (secondary N) is 2. The number of rotatable bonds is 6. The number of aromatic nitrogens is 2. The highest BCUT2D eigenvalue weighted by molar-refractivity contribution is 6.32. The zero-order valence-electron chi connectivity index (χ0n) is 17.9. The number of hydrogen-bond acceptors (Lipinski definition) is 8. The van der Waals surface area contributed by atoms with E-state index in [9.17, 15) is 10.1 Å². The van der Waals surface area contributed by atoms with Gasteiger partial charge in [0.1, 0.15) is 10.8 Å². The molecule has 0 unspecified atom stereocenters. The normalized spacial score (nSPS) is 14.3. The largest absolute Gasteiger partial charge is 0.369 e. The number of piperazine rings is 1. The van der Waals surface area contributed by atoms with Crippen LogP contribution >= 0.6 is 11.6 Å². The Balaban J connectivity index is 1.47. The Labute approximate surface area is 191 Å². The van der Waals surface area contributed by atoms with Crippen LogP contribution in [-0.4, -0.2) is 53.0 Å². The second-order valence-corrected chi connectivity index (χ2v) is 8.14. The van der Waals surface area contributed by atoms with Crippen molar-refractivity contribution in [2.45, 2.75) is 6.92 Å². The number of nitro groups is 1. The Kier molecular flexibility index (Phi) is 6.38. The average Bonchev–Trinajstić information content (AvgIpc) is 2.78. The average molecular weight is 454 g/mol. The molecular weight excluding hydrogens is 430 g/mol. The molecule has 0 amide bonds. The van der Waals surface area contributed by atoms with Crippen molar-refractivity contribution in [3.05, 3.63) is 69.4 Å². The van der Waals surface area contributed by atoms with Crippen LogP contribution in [-0.2, 0) is 0 Å². The van der Waals surface area contributed by atoms with E-state index < -0.39 is 4.92 Å². The van der Waals surface area contributed by atoms with E-state index in [-0.39, 0.29) is 10.7 Å². The van der Waals surface area contributed by atoms with E-state index in [1.54, 1.807) is 12.3 Å². The van der Waals surface area contributed by atoms with E-state index in [4.69, 9.17) is 11.6 Å². The lowest BCUT2D eigenvalue weighted by Crippen LogP contribution is -2.44. The summed E-state index contributed by atoms with van der Waals surface area (Å²) in [4.78, 5) is 24.2. The van der Waals surface area contributed by atoms with Crippen LogP contribution in [0, 0.1) is 17.0 Å². The fourth-order valence-electron chi connectivity index (χ4n) is 3.45. The summed E-state index contributed by atoms with van der Waals surface area (Å²) in [7, 11) is 2.14. The van der Waals surface area contributed by atoms with Crippen molar-refractivity contribution in [3.8, 4) is 0 Å². The molecule has 3 aromatic rings. The molecule has 1 saturated heterocycles. The van der Waals surface area contributed by atoms with Crippen LogP contribution in [0.1, 0.15) is 5.56 Å². The number of aryl methyl sites for hydroxylation is 1. The van der Waals surface area contributed by atoms with Crippen LogP contribution in [0.4, 0.5) is 34.5 Å². The second-order valence-electron chi connectivity index (χ2n) is 7.74. The van der Waals surface area contributed by atoms with Gasteiger partial charge in [-0.3, -0.25) is 10.1 Å². The molecule has 1 aromatic heterocycles. The third-order valence-corrected chi connectivity index (χ3v) is 5.69. The quantitative estimate of drug-likeness (QED) is 0.413. The van der Waals surface area contributed by atoms with Gasteiger partial charge >= 0.3 is 0 Å². The maximum Gasteiger partial charge on any atom is 0.289 e. The standard InChI is InChI=1S/C22H24ClN7O2/c1-15-14-24-22(27-21(15)25-17-5-8-19(23)20(13-17)30(31)32)26-16-3-6-18(7-4-16)29-11-9-28(2)10-12-29/h3-8,13-14H,9-12H2,1-2H3,(H2,24,25,26,27). The van der Waals surface area contributed by atoms with E-state index in [1.165, 1.54) is 17.8 Å². The molecule has 0 radical (unpaired) electrons. The van der Waals surface area contributed by atoms with Gasteiger partial charge in [-0.05, 0) is 50.4 Å². The van der Waals surface area contributed by atoms with Crippen molar-refractivity contribution in [3.63, 3.8) is 0 Å². The number of anilines is 5. The maximum absolute atomic E-state index is 11.1. The van der Waals surface area contributed by atoms with E-state index in [1.807, 2.05) is 19.1 Å². The highest BCUT2D eigenvalue weighted by atomic mass is 35.5. The van der Waals surface area contributed by atoms with Crippen molar-refractivity contribution in [2.24, 2.45) is 0 Å². The van der Waals surface area contributed by atoms with Crippen LogP contribution in [0.25, 0.3) is 0 Å². The monoisotopic (exact) mass is 453 g/mol. The van der Waals surface area contributed by atoms with Crippen LogP contribution < -0.4 is 15.5 Å². The lowest BCUT2D eigenvalue weighted by Gasteiger charge is -2.34. The van der Waals surface area contributed by atoms with Gasteiger partial charge in [-0.15, -0.1) is 0 Å². The molecule has 2 aromatic carbocycles. The summed E-state index contributed by atoms with van der Waals surface area (Å²) in [5.41, 5.74) is 3.23. The molecule has 10 heteroatoms. The molecule has 1 aliphatic rings. The van der Waals surface area contributed by atoms with Gasteiger partial charge in [0.25, 0.3) is 5.69 Å². The summed E-state index contributed by atoms with van der Waals surface area (Å²) in [5, 5.41) is 17.6. The predicted octanol–water partition coefficient (Wildman–Crippen LogP) is 4.59. The molecule has 1 fully saturated rings. The number of likely N-dealkylation sites (N-methyl/N-ethyl adjacent to an activating group) is 1. The molecule has 9 nitrogen and oxygen atoms in total. The van der Waals surface area contributed by atoms with Crippen molar-refractivity contribution in [2.75, 3.05) is 48.8 Å². The van der Waals surface area contributed by atoms with Gasteiger partial charge in [0.2, 0.25) is 5.95 Å². The van der Waals surface area contributed by atoms with Gasteiger partial charge in [-0.1, -0.05) is 11.6 Å².